The molecule has 1 fully saturated rings. The highest BCUT2D eigenvalue weighted by Crippen LogP contribution is 2.32. The minimum Gasteiger partial charge on any atom is -0.467 e. The van der Waals surface area contributed by atoms with Gasteiger partial charge in [0, 0.05) is 19.4 Å². The maximum absolute atomic E-state index is 12.8. The summed E-state index contributed by atoms with van der Waals surface area (Å²) in [6.45, 7) is 0.823. The number of piperidine rings is 1. The number of furan rings is 1. The molecule has 4 nitrogen and oxygen atoms in total. The SMILES string of the molecule is O=C(CCc1nc2ccccc2s1)N1CCCCC1c1ccco1. The molecule has 0 radical (unpaired) electrons. The monoisotopic (exact) mass is 340 g/mol. The highest BCUT2D eigenvalue weighted by Gasteiger charge is 2.29. The van der Waals surface area contributed by atoms with Crippen LogP contribution in [0.1, 0.15) is 42.5 Å². The third kappa shape index (κ3) is 3.08. The van der Waals surface area contributed by atoms with Gasteiger partial charge in [-0.15, -0.1) is 11.3 Å². The Morgan fingerprint density at radius 3 is 3.00 bits per heavy atom. The number of carbonyl (C=O) groups excluding carboxylic acids is 1. The summed E-state index contributed by atoms with van der Waals surface area (Å²) in [7, 11) is 0. The molecule has 4 rings (SSSR count). The molecule has 1 aliphatic heterocycles. The van der Waals surface area contributed by atoms with Gasteiger partial charge in [0.25, 0.3) is 0 Å². The van der Waals surface area contributed by atoms with Crippen LogP contribution in [0.2, 0.25) is 0 Å². The van der Waals surface area contributed by atoms with Crippen molar-refractivity contribution in [3.63, 3.8) is 0 Å². The van der Waals surface area contributed by atoms with Crippen molar-refractivity contribution in [2.24, 2.45) is 0 Å². The highest BCUT2D eigenvalue weighted by molar-refractivity contribution is 7.18. The number of rotatable bonds is 4. The fraction of sp³-hybridized carbons (Fsp3) is 0.368. The number of likely N-dealkylation sites (tertiary alicyclic amines) is 1. The molecule has 5 heteroatoms. The van der Waals surface area contributed by atoms with E-state index in [2.05, 4.69) is 11.1 Å². The molecule has 1 atom stereocenters. The quantitative estimate of drug-likeness (QED) is 0.698. The van der Waals surface area contributed by atoms with Crippen molar-refractivity contribution in [2.75, 3.05) is 6.54 Å². The lowest BCUT2D eigenvalue weighted by atomic mass is 9.99. The number of carbonyl (C=O) groups is 1. The number of benzene rings is 1. The van der Waals surface area contributed by atoms with Crippen molar-refractivity contribution in [2.45, 2.75) is 38.1 Å². The topological polar surface area (TPSA) is 46.3 Å². The van der Waals surface area contributed by atoms with Crippen LogP contribution in [-0.2, 0) is 11.2 Å². The normalized spacial score (nSPS) is 18.2. The second-order valence-electron chi connectivity index (χ2n) is 6.19. The van der Waals surface area contributed by atoms with E-state index in [1.807, 2.05) is 35.2 Å². The van der Waals surface area contributed by atoms with Gasteiger partial charge in [-0.2, -0.15) is 0 Å². The summed E-state index contributed by atoms with van der Waals surface area (Å²) in [5.41, 5.74) is 1.02. The summed E-state index contributed by atoms with van der Waals surface area (Å²) in [4.78, 5) is 19.4. The molecule has 0 bridgehead atoms. The fourth-order valence-electron chi connectivity index (χ4n) is 3.39. The van der Waals surface area contributed by atoms with E-state index >= 15 is 0 Å². The maximum Gasteiger partial charge on any atom is 0.223 e. The van der Waals surface area contributed by atoms with Gasteiger partial charge in [-0.05, 0) is 43.5 Å². The van der Waals surface area contributed by atoms with E-state index in [0.29, 0.717) is 12.8 Å². The molecule has 0 N–H and O–H groups in total. The second-order valence-corrected chi connectivity index (χ2v) is 7.30. The van der Waals surface area contributed by atoms with Crippen molar-refractivity contribution in [1.29, 1.82) is 0 Å². The van der Waals surface area contributed by atoms with Crippen LogP contribution in [0, 0.1) is 0 Å². The van der Waals surface area contributed by atoms with E-state index in [1.54, 1.807) is 17.6 Å². The number of aromatic nitrogens is 1. The molecule has 0 spiro atoms. The molecule has 124 valence electrons. The molecule has 0 saturated carbocycles. The van der Waals surface area contributed by atoms with Crippen LogP contribution in [0.15, 0.2) is 47.1 Å². The first-order chi connectivity index (χ1) is 11.8. The Labute approximate surface area is 145 Å². The zero-order valence-corrected chi connectivity index (χ0v) is 14.3. The van der Waals surface area contributed by atoms with Crippen LogP contribution in [-0.4, -0.2) is 22.3 Å². The third-order valence-electron chi connectivity index (χ3n) is 4.59. The summed E-state index contributed by atoms with van der Waals surface area (Å²) >= 11 is 1.68. The van der Waals surface area contributed by atoms with E-state index in [9.17, 15) is 4.79 Å². The van der Waals surface area contributed by atoms with Gasteiger partial charge in [0.15, 0.2) is 0 Å². The molecule has 24 heavy (non-hydrogen) atoms. The molecular weight excluding hydrogens is 320 g/mol. The Hall–Kier alpha value is -2.14. The number of amides is 1. The lowest BCUT2D eigenvalue weighted by Gasteiger charge is -2.34. The minimum absolute atomic E-state index is 0.0941. The highest BCUT2D eigenvalue weighted by atomic mass is 32.1. The standard InChI is InChI=1S/C19H20N2O2S/c22-19(11-10-18-20-14-6-1-2-9-17(14)24-18)21-12-4-3-7-15(21)16-8-5-13-23-16/h1-2,5-6,8-9,13,15H,3-4,7,10-12H2. The van der Waals surface area contributed by atoms with Crippen LogP contribution in [0.25, 0.3) is 10.2 Å². The number of thiazole rings is 1. The zero-order valence-electron chi connectivity index (χ0n) is 13.5. The first-order valence-electron chi connectivity index (χ1n) is 8.48. The van der Waals surface area contributed by atoms with Crippen LogP contribution >= 0.6 is 11.3 Å². The maximum atomic E-state index is 12.8. The van der Waals surface area contributed by atoms with Crippen molar-refractivity contribution in [3.05, 3.63) is 53.4 Å². The number of hydrogen-bond acceptors (Lipinski definition) is 4. The average molecular weight is 340 g/mol. The Morgan fingerprint density at radius 1 is 1.25 bits per heavy atom. The number of fused-ring (bicyclic) bond motifs is 1. The largest absolute Gasteiger partial charge is 0.467 e. The van der Waals surface area contributed by atoms with Crippen LogP contribution in [0.5, 0.6) is 0 Å². The minimum atomic E-state index is 0.0941. The fourth-order valence-corrected chi connectivity index (χ4v) is 4.36. The summed E-state index contributed by atoms with van der Waals surface area (Å²) in [6.07, 6.45) is 6.11. The molecule has 3 heterocycles. The van der Waals surface area contributed by atoms with E-state index in [0.717, 1.165) is 42.1 Å². The number of nitrogens with zero attached hydrogens (tertiary/aromatic N) is 2. The smallest absolute Gasteiger partial charge is 0.223 e. The number of hydrogen-bond donors (Lipinski definition) is 0. The molecule has 0 aliphatic carbocycles. The Kier molecular flexibility index (Phi) is 4.34. The Bertz CT molecular complexity index is 792. The molecule has 1 aromatic carbocycles. The Morgan fingerprint density at radius 2 is 2.17 bits per heavy atom. The molecule has 1 aliphatic rings. The summed E-state index contributed by atoms with van der Waals surface area (Å²) in [6, 6.07) is 12.1. The first-order valence-corrected chi connectivity index (χ1v) is 9.30. The van der Waals surface area contributed by atoms with Crippen molar-refractivity contribution >= 4 is 27.5 Å². The van der Waals surface area contributed by atoms with Gasteiger partial charge in [-0.25, -0.2) is 4.98 Å². The summed E-state index contributed by atoms with van der Waals surface area (Å²) < 4.78 is 6.74. The zero-order chi connectivity index (χ0) is 16.4. The van der Waals surface area contributed by atoms with Crippen LogP contribution in [0.4, 0.5) is 0 Å². The molecular formula is C19H20N2O2S. The van der Waals surface area contributed by atoms with Gasteiger partial charge in [0.1, 0.15) is 5.76 Å². The molecule has 1 unspecified atom stereocenters. The number of aryl methyl sites for hydroxylation is 1. The first kappa shape index (κ1) is 15.4. The average Bonchev–Trinajstić information content (AvgIpc) is 3.28. The van der Waals surface area contributed by atoms with Crippen LogP contribution < -0.4 is 0 Å². The van der Waals surface area contributed by atoms with Crippen LogP contribution in [0.3, 0.4) is 0 Å². The van der Waals surface area contributed by atoms with Gasteiger partial charge < -0.3 is 9.32 Å². The van der Waals surface area contributed by atoms with Gasteiger partial charge in [0.2, 0.25) is 5.91 Å². The van der Waals surface area contributed by atoms with Gasteiger partial charge in [0.05, 0.1) is 27.5 Å². The lowest BCUT2D eigenvalue weighted by Crippen LogP contribution is -2.38. The Balaban J connectivity index is 1.44. The second kappa shape index (κ2) is 6.77. The van der Waals surface area contributed by atoms with E-state index in [1.165, 1.54) is 4.70 Å². The van der Waals surface area contributed by atoms with Crippen molar-refractivity contribution in [3.8, 4) is 0 Å². The molecule has 1 amide bonds. The summed E-state index contributed by atoms with van der Waals surface area (Å²) in [5, 5.41) is 1.04. The third-order valence-corrected chi connectivity index (χ3v) is 5.68. The van der Waals surface area contributed by atoms with E-state index in [4.69, 9.17) is 4.42 Å². The molecule has 3 aromatic rings. The van der Waals surface area contributed by atoms with Gasteiger partial charge in [-0.3, -0.25) is 4.79 Å². The van der Waals surface area contributed by atoms with Gasteiger partial charge >= 0.3 is 0 Å². The summed E-state index contributed by atoms with van der Waals surface area (Å²) in [5.74, 6) is 1.11. The van der Waals surface area contributed by atoms with Crippen molar-refractivity contribution < 1.29 is 9.21 Å². The van der Waals surface area contributed by atoms with E-state index < -0.39 is 0 Å². The predicted octanol–water partition coefficient (Wildman–Crippen LogP) is 4.58. The molecule has 1 saturated heterocycles. The molecule has 2 aromatic heterocycles. The lowest BCUT2D eigenvalue weighted by molar-refractivity contribution is -0.135. The van der Waals surface area contributed by atoms with Gasteiger partial charge in [-0.1, -0.05) is 12.1 Å². The van der Waals surface area contributed by atoms with E-state index in [-0.39, 0.29) is 11.9 Å². The predicted molar refractivity (Wildman–Crippen MR) is 95.0 cm³/mol. The van der Waals surface area contributed by atoms with Crippen molar-refractivity contribution in [1.82, 2.24) is 9.88 Å². The number of para-hydroxylation sites is 1.